The minimum atomic E-state index is -0.0306. The van der Waals surface area contributed by atoms with E-state index in [0.29, 0.717) is 5.56 Å². The van der Waals surface area contributed by atoms with E-state index in [1.165, 1.54) is 0 Å². The third-order valence-corrected chi connectivity index (χ3v) is 3.92. The monoisotopic (exact) mass is 395 g/mol. The highest BCUT2D eigenvalue weighted by Gasteiger charge is 2.15. The van der Waals surface area contributed by atoms with Crippen LogP contribution in [0.2, 0.25) is 0 Å². The van der Waals surface area contributed by atoms with Gasteiger partial charge in [-0.1, -0.05) is 37.9 Å². The predicted octanol–water partition coefficient (Wildman–Crippen LogP) is 5.11. The Morgan fingerprint density at radius 3 is 1.90 bits per heavy atom. The van der Waals surface area contributed by atoms with Gasteiger partial charge in [0.25, 0.3) is 5.91 Å². The molecule has 0 atom stereocenters. The fourth-order valence-corrected chi connectivity index (χ4v) is 3.43. The Morgan fingerprint density at radius 2 is 1.40 bits per heavy atom. The van der Waals surface area contributed by atoms with Crippen molar-refractivity contribution in [2.24, 2.45) is 0 Å². The molecule has 0 aliphatic rings. The molecule has 2 nitrogen and oxygen atoms in total. The van der Waals surface area contributed by atoms with E-state index in [-0.39, 0.29) is 5.91 Å². The summed E-state index contributed by atoms with van der Waals surface area (Å²) >= 11 is 6.82. The van der Waals surface area contributed by atoms with Gasteiger partial charge in [0.05, 0.1) is 0 Å². The van der Waals surface area contributed by atoms with Gasteiger partial charge >= 0.3 is 0 Å². The molecule has 20 heavy (non-hydrogen) atoms. The summed E-state index contributed by atoms with van der Waals surface area (Å²) in [4.78, 5) is 14.2. The van der Waals surface area contributed by atoms with Crippen LogP contribution >= 0.6 is 31.9 Å². The van der Waals surface area contributed by atoms with Crippen LogP contribution < -0.4 is 4.90 Å². The van der Waals surface area contributed by atoms with E-state index in [1.54, 1.807) is 11.9 Å². The lowest BCUT2D eigenvalue weighted by Gasteiger charge is -2.19. The Morgan fingerprint density at radius 1 is 0.900 bits per heavy atom. The van der Waals surface area contributed by atoms with E-state index < -0.39 is 0 Å². The lowest BCUT2D eigenvalue weighted by atomic mass is 10.1. The molecule has 2 aromatic carbocycles. The molecule has 104 valence electrons. The molecule has 0 fully saturated rings. The van der Waals surface area contributed by atoms with Crippen LogP contribution in [0.25, 0.3) is 0 Å². The van der Waals surface area contributed by atoms with Crippen LogP contribution in [0.5, 0.6) is 0 Å². The lowest BCUT2D eigenvalue weighted by Crippen LogP contribution is -2.26. The molecule has 0 aliphatic carbocycles. The zero-order valence-corrected chi connectivity index (χ0v) is 14.7. The van der Waals surface area contributed by atoms with Gasteiger partial charge in [0.15, 0.2) is 0 Å². The minimum Gasteiger partial charge on any atom is -0.311 e. The number of benzene rings is 2. The van der Waals surface area contributed by atoms with Crippen molar-refractivity contribution in [2.45, 2.75) is 13.8 Å². The first-order valence-electron chi connectivity index (χ1n) is 6.19. The third-order valence-electron chi connectivity index (χ3n) is 3.01. The predicted molar refractivity (Wildman–Crippen MR) is 90.5 cm³/mol. The molecule has 2 aromatic rings. The second-order valence-electron chi connectivity index (χ2n) is 4.87. The fourth-order valence-electron chi connectivity index (χ4n) is 2.13. The third kappa shape index (κ3) is 3.49. The Kier molecular flexibility index (Phi) is 4.66. The van der Waals surface area contributed by atoms with Crippen LogP contribution in [0.3, 0.4) is 0 Å². The first kappa shape index (κ1) is 15.3. The molecule has 0 aliphatic heterocycles. The van der Waals surface area contributed by atoms with Gasteiger partial charge < -0.3 is 4.90 Å². The highest BCUT2D eigenvalue weighted by atomic mass is 79.9. The van der Waals surface area contributed by atoms with Gasteiger partial charge in [0, 0.05) is 27.2 Å². The summed E-state index contributed by atoms with van der Waals surface area (Å²) < 4.78 is 1.76. The summed E-state index contributed by atoms with van der Waals surface area (Å²) in [7, 11) is 1.80. The SMILES string of the molecule is Cc1cc(C)cc(N(C)C(=O)c2cc(Br)cc(Br)c2)c1. The van der Waals surface area contributed by atoms with E-state index in [9.17, 15) is 4.79 Å². The summed E-state index contributed by atoms with van der Waals surface area (Å²) in [6, 6.07) is 11.7. The van der Waals surface area contributed by atoms with Crippen molar-refractivity contribution in [3.63, 3.8) is 0 Å². The molecular weight excluding hydrogens is 382 g/mol. The summed E-state index contributed by atoms with van der Waals surface area (Å²) in [5.74, 6) is -0.0306. The van der Waals surface area contributed by atoms with Gasteiger partial charge in [-0.05, 0) is 55.3 Å². The molecule has 1 amide bonds. The van der Waals surface area contributed by atoms with Crippen molar-refractivity contribution in [3.8, 4) is 0 Å². The molecule has 0 aromatic heterocycles. The van der Waals surface area contributed by atoms with Crippen LogP contribution in [0, 0.1) is 13.8 Å². The number of aryl methyl sites for hydroxylation is 2. The molecule has 0 saturated carbocycles. The molecule has 0 heterocycles. The molecule has 0 saturated heterocycles. The second kappa shape index (κ2) is 6.10. The zero-order chi connectivity index (χ0) is 14.9. The number of anilines is 1. The normalized spacial score (nSPS) is 10.4. The number of hydrogen-bond donors (Lipinski definition) is 0. The average molecular weight is 397 g/mol. The largest absolute Gasteiger partial charge is 0.311 e. The van der Waals surface area contributed by atoms with Gasteiger partial charge in [-0.25, -0.2) is 0 Å². The van der Waals surface area contributed by atoms with E-state index in [0.717, 1.165) is 25.8 Å². The average Bonchev–Trinajstić information content (AvgIpc) is 2.34. The van der Waals surface area contributed by atoms with Crippen LogP contribution in [-0.4, -0.2) is 13.0 Å². The number of carbonyl (C=O) groups is 1. The summed E-state index contributed by atoms with van der Waals surface area (Å²) in [5.41, 5.74) is 3.85. The Labute approximate surface area is 136 Å². The fraction of sp³-hybridized carbons (Fsp3) is 0.188. The van der Waals surface area contributed by atoms with Crippen LogP contribution in [-0.2, 0) is 0 Å². The zero-order valence-electron chi connectivity index (χ0n) is 11.6. The molecule has 0 N–H and O–H groups in total. The standard InChI is InChI=1S/C16H15Br2NO/c1-10-4-11(2)6-15(5-10)19(3)16(20)12-7-13(17)9-14(18)8-12/h4-9H,1-3H3. The van der Waals surface area contributed by atoms with Crippen LogP contribution in [0.1, 0.15) is 21.5 Å². The Bertz CT molecular complexity index is 627. The summed E-state index contributed by atoms with van der Waals surface area (Å²) in [6.07, 6.45) is 0. The number of carbonyl (C=O) groups excluding carboxylic acids is 1. The van der Waals surface area contributed by atoms with Gasteiger partial charge in [-0.2, -0.15) is 0 Å². The van der Waals surface area contributed by atoms with Gasteiger partial charge in [-0.3, -0.25) is 4.79 Å². The van der Waals surface area contributed by atoms with E-state index in [4.69, 9.17) is 0 Å². The van der Waals surface area contributed by atoms with E-state index >= 15 is 0 Å². The number of amides is 1. The first-order chi connectivity index (χ1) is 9.36. The molecule has 0 radical (unpaired) electrons. The highest BCUT2D eigenvalue weighted by molar-refractivity contribution is 9.11. The molecular formula is C16H15Br2NO. The van der Waals surface area contributed by atoms with Crippen molar-refractivity contribution in [2.75, 3.05) is 11.9 Å². The van der Waals surface area contributed by atoms with Gasteiger partial charge in [0.2, 0.25) is 0 Å². The van der Waals surface area contributed by atoms with Crippen LogP contribution in [0.15, 0.2) is 45.3 Å². The van der Waals surface area contributed by atoms with Crippen molar-refractivity contribution in [3.05, 3.63) is 62.0 Å². The lowest BCUT2D eigenvalue weighted by molar-refractivity contribution is 0.0993. The first-order valence-corrected chi connectivity index (χ1v) is 7.78. The maximum absolute atomic E-state index is 12.6. The van der Waals surface area contributed by atoms with E-state index in [1.807, 2.05) is 44.2 Å². The van der Waals surface area contributed by atoms with Crippen molar-refractivity contribution < 1.29 is 4.79 Å². The highest BCUT2D eigenvalue weighted by Crippen LogP contribution is 2.24. The van der Waals surface area contributed by atoms with Crippen molar-refractivity contribution in [1.82, 2.24) is 0 Å². The Hall–Kier alpha value is -1.13. The second-order valence-corrected chi connectivity index (χ2v) is 6.70. The van der Waals surface area contributed by atoms with Crippen molar-refractivity contribution in [1.29, 1.82) is 0 Å². The molecule has 2 rings (SSSR count). The van der Waals surface area contributed by atoms with Gasteiger partial charge in [-0.15, -0.1) is 0 Å². The van der Waals surface area contributed by atoms with Crippen LogP contribution in [0.4, 0.5) is 5.69 Å². The summed E-state index contributed by atoms with van der Waals surface area (Å²) in [5, 5.41) is 0. The van der Waals surface area contributed by atoms with Gasteiger partial charge in [0.1, 0.15) is 0 Å². The smallest absolute Gasteiger partial charge is 0.258 e. The topological polar surface area (TPSA) is 20.3 Å². The number of hydrogen-bond acceptors (Lipinski definition) is 1. The van der Waals surface area contributed by atoms with Crippen molar-refractivity contribution >= 4 is 43.5 Å². The minimum absolute atomic E-state index is 0.0306. The molecule has 4 heteroatoms. The quantitative estimate of drug-likeness (QED) is 0.690. The number of nitrogens with zero attached hydrogens (tertiary/aromatic N) is 1. The molecule has 0 bridgehead atoms. The molecule has 0 spiro atoms. The molecule has 0 unspecified atom stereocenters. The maximum atomic E-state index is 12.6. The maximum Gasteiger partial charge on any atom is 0.258 e. The number of halogens is 2. The summed E-state index contributed by atoms with van der Waals surface area (Å²) in [6.45, 7) is 4.06. The Balaban J connectivity index is 2.36. The number of rotatable bonds is 2. The van der Waals surface area contributed by atoms with E-state index in [2.05, 4.69) is 37.9 Å².